The quantitative estimate of drug-likeness (QED) is 0.104. The molecular weight excluding hydrogens is 1130 g/mol. The maximum absolute atomic E-state index is 15.2. The predicted molar refractivity (Wildman–Crippen MR) is 335 cm³/mol. The molecule has 21 heteroatoms. The maximum Gasteiger partial charge on any atom is 0.251 e. The highest BCUT2D eigenvalue weighted by molar-refractivity contribution is 6.01. The van der Waals surface area contributed by atoms with Crippen molar-refractivity contribution in [2.45, 2.75) is 197 Å². The van der Waals surface area contributed by atoms with Gasteiger partial charge < -0.3 is 51.0 Å². The summed E-state index contributed by atoms with van der Waals surface area (Å²) in [6.45, 7) is 2.45. The van der Waals surface area contributed by atoms with Crippen LogP contribution in [0, 0.1) is 11.8 Å². The Morgan fingerprint density at radius 1 is 0.551 bits per heavy atom. The van der Waals surface area contributed by atoms with Crippen LogP contribution in [0.25, 0.3) is 0 Å². The third-order valence-corrected chi connectivity index (χ3v) is 19.1. The summed E-state index contributed by atoms with van der Waals surface area (Å²) in [6, 6.07) is 18.6. The van der Waals surface area contributed by atoms with Crippen LogP contribution in [0.4, 0.5) is 0 Å². The van der Waals surface area contributed by atoms with Crippen LogP contribution in [0.1, 0.15) is 197 Å². The van der Waals surface area contributed by atoms with Crippen LogP contribution in [0.15, 0.2) is 77.8 Å². The molecule has 9 N–H and O–H groups in total. The molecule has 89 heavy (non-hydrogen) atoms. The lowest BCUT2D eigenvalue weighted by Crippen LogP contribution is -2.53. The summed E-state index contributed by atoms with van der Waals surface area (Å²) >= 11 is 0. The van der Waals surface area contributed by atoms with Gasteiger partial charge in [0.05, 0.1) is 6.04 Å². The SMILES string of the molecule is CNC(=O)CCC(C)C(=O)N1Cc2cc3cc(c2)C(=O)NC2CCCCC2NC(=O)c2cc(cc(c2)OC=NC2CCCCC2C(N)O3)CN(C)Cc2cc3cc(c2)C(=O)NC2CCCCC2NC(=O)c2cc(cc(c2)C(=O)NC2CCCCC2NCO3)C1. The van der Waals surface area contributed by atoms with Crippen molar-refractivity contribution >= 4 is 47.8 Å². The molecule has 7 aliphatic rings. The molecule has 11 rings (SSSR count). The van der Waals surface area contributed by atoms with E-state index in [1.807, 2.05) is 31.3 Å². The largest absolute Gasteiger partial charge is 0.478 e. The second kappa shape index (κ2) is 28.7. The fourth-order valence-electron chi connectivity index (χ4n) is 14.3. The van der Waals surface area contributed by atoms with Gasteiger partial charge in [0, 0.05) is 116 Å². The zero-order valence-electron chi connectivity index (χ0n) is 51.5. The van der Waals surface area contributed by atoms with Gasteiger partial charge in [-0.15, -0.1) is 0 Å². The lowest BCUT2D eigenvalue weighted by atomic mass is 9.84. The minimum atomic E-state index is -0.874. The van der Waals surface area contributed by atoms with Gasteiger partial charge in [-0.3, -0.25) is 54.5 Å². The Morgan fingerprint density at radius 2 is 0.966 bits per heavy atom. The second-order valence-corrected chi connectivity index (χ2v) is 25.8. The van der Waals surface area contributed by atoms with E-state index in [0.717, 1.165) is 68.9 Å². The Balaban J connectivity index is 1.07. The second-order valence-electron chi connectivity index (χ2n) is 25.8. The number of hydrogen-bond acceptors (Lipinski definition) is 14. The first-order valence-corrected chi connectivity index (χ1v) is 32.3. The summed E-state index contributed by atoms with van der Waals surface area (Å²) in [5, 5.41) is 22.6. The summed E-state index contributed by atoms with van der Waals surface area (Å²) in [7, 11) is 3.52. The van der Waals surface area contributed by atoms with Gasteiger partial charge in [-0.1, -0.05) is 58.3 Å². The summed E-state index contributed by atoms with van der Waals surface area (Å²) in [6.07, 6.45) is 13.1. The van der Waals surface area contributed by atoms with Gasteiger partial charge in [0.15, 0.2) is 12.6 Å². The molecule has 4 aromatic carbocycles. The van der Waals surface area contributed by atoms with Crippen molar-refractivity contribution in [3.05, 3.63) is 123 Å². The number of carbonyl (C=O) groups is 7. The smallest absolute Gasteiger partial charge is 0.251 e. The van der Waals surface area contributed by atoms with E-state index >= 15 is 4.79 Å². The molecule has 4 fully saturated rings. The normalized spacial score (nSPS) is 26.9. The minimum Gasteiger partial charge on any atom is -0.478 e. The number of amides is 7. The molecule has 0 spiro atoms. The number of rotatable bonds is 4. The zero-order valence-corrected chi connectivity index (χ0v) is 51.5. The van der Waals surface area contributed by atoms with Crippen molar-refractivity contribution in [2.24, 2.45) is 22.6 Å². The molecular formula is C68H87N11O10. The molecule has 21 nitrogen and oxygen atoms in total. The third-order valence-electron chi connectivity index (χ3n) is 19.1. The molecule has 0 saturated heterocycles. The number of benzene rings is 4. The van der Waals surface area contributed by atoms with Crippen LogP contribution in [-0.4, -0.2) is 127 Å². The summed E-state index contributed by atoms with van der Waals surface area (Å²) in [5.41, 5.74) is 11.1. The van der Waals surface area contributed by atoms with Gasteiger partial charge in [-0.25, -0.2) is 0 Å². The number of nitrogens with zero attached hydrogens (tertiary/aromatic N) is 3. The van der Waals surface area contributed by atoms with Crippen molar-refractivity contribution in [2.75, 3.05) is 20.8 Å². The van der Waals surface area contributed by atoms with Crippen LogP contribution in [0.3, 0.4) is 0 Å². The molecule has 4 saturated carbocycles. The van der Waals surface area contributed by atoms with Gasteiger partial charge >= 0.3 is 0 Å². The molecule has 12 bridgehead atoms. The van der Waals surface area contributed by atoms with Crippen molar-refractivity contribution in [3.63, 3.8) is 0 Å². The van der Waals surface area contributed by atoms with Gasteiger partial charge in [-0.05, 0) is 160 Å². The summed E-state index contributed by atoms with van der Waals surface area (Å²) in [4.78, 5) is 111. The Bertz CT molecular complexity index is 3320. The molecule has 0 aromatic heterocycles. The van der Waals surface area contributed by atoms with E-state index in [-0.39, 0.29) is 103 Å². The number of carbonyl (C=O) groups excluding carboxylic acids is 7. The fraction of sp³-hybridized carbons (Fsp3) is 0.529. The number of aliphatic imine (C=N–C) groups is 1. The Labute approximate surface area is 521 Å². The molecule has 4 aromatic rings. The highest BCUT2D eigenvalue weighted by atomic mass is 16.5. The van der Waals surface area contributed by atoms with Crippen molar-refractivity contribution < 1.29 is 47.8 Å². The van der Waals surface area contributed by atoms with Gasteiger partial charge in [0.1, 0.15) is 24.0 Å². The lowest BCUT2D eigenvalue weighted by molar-refractivity contribution is -0.136. The van der Waals surface area contributed by atoms with Crippen LogP contribution in [0.2, 0.25) is 0 Å². The first-order chi connectivity index (χ1) is 43.1. The molecule has 10 atom stereocenters. The monoisotopic (exact) mass is 1220 g/mol. The average Bonchev–Trinajstić information content (AvgIpc) is 3.84. The average molecular weight is 1220 g/mol. The van der Waals surface area contributed by atoms with Crippen molar-refractivity contribution in [3.8, 4) is 17.2 Å². The van der Waals surface area contributed by atoms with Crippen LogP contribution >= 0.6 is 0 Å². The first kappa shape index (κ1) is 62.7. The van der Waals surface area contributed by atoms with Crippen LogP contribution < -0.4 is 57.2 Å². The zero-order chi connectivity index (χ0) is 62.1. The lowest BCUT2D eigenvalue weighted by Gasteiger charge is -2.33. The molecule has 3 heterocycles. The van der Waals surface area contributed by atoms with E-state index in [2.05, 4.69) is 42.1 Å². The minimum absolute atomic E-state index is 0.0646. The maximum atomic E-state index is 15.2. The van der Waals surface area contributed by atoms with E-state index in [9.17, 15) is 28.8 Å². The Kier molecular flexibility index (Phi) is 20.2. The van der Waals surface area contributed by atoms with Crippen LogP contribution in [0.5, 0.6) is 17.2 Å². The number of ether oxygens (including phenoxy) is 3. The standard InChI is InChI=1S/C68H87N11O10/c1-40(20-21-61(80)70-2)68(86)79-36-41-22-45-30-46(23-41)64(82)74-57-16-8-9-17-58(57)75-66(84)48-25-43(28-51(32-48)88-39-72-55-14-6-7-15-56(55)73-63(45)81)35-78(3)34-42-24-47-31-50(27-42)87-38-71-54-13-5-4-12-53(54)62(69)89-52-29-44(37-79)26-49(33-52)67(85)77-60-19-11-10-18-59(60)76-65(47)83/h22-33,38,40,53-60,62,72H,4-21,34-37,39,69H2,1-3H3,(H,70,80)(H,73,81)(H,74,82)(H,75,84)(H,76,83)(H,77,85). The molecule has 10 unspecified atom stereocenters. The number of nitrogens with one attached hydrogen (secondary N) is 7. The molecule has 0 radical (unpaired) electrons. The first-order valence-electron chi connectivity index (χ1n) is 32.3. The number of fused-ring (bicyclic) bond motifs is 14. The molecule has 4 aliphatic carbocycles. The molecule has 3 aliphatic heterocycles. The number of nitrogens with two attached hydrogens (primary N) is 1. The highest BCUT2D eigenvalue weighted by Gasteiger charge is 2.35. The fourth-order valence-corrected chi connectivity index (χ4v) is 14.3. The van der Waals surface area contributed by atoms with Gasteiger partial charge in [0.25, 0.3) is 29.5 Å². The van der Waals surface area contributed by atoms with Crippen molar-refractivity contribution in [1.29, 1.82) is 0 Å². The van der Waals surface area contributed by atoms with E-state index < -0.39 is 48.1 Å². The topological polar surface area (TPSA) is 276 Å². The molecule has 474 valence electrons. The van der Waals surface area contributed by atoms with Crippen molar-refractivity contribution in [1.82, 2.24) is 47.0 Å². The Morgan fingerprint density at radius 3 is 1.49 bits per heavy atom. The predicted octanol–water partition coefficient (Wildman–Crippen LogP) is 6.89. The van der Waals surface area contributed by atoms with E-state index in [1.165, 1.54) is 6.40 Å². The van der Waals surface area contributed by atoms with Gasteiger partial charge in [0.2, 0.25) is 11.8 Å². The van der Waals surface area contributed by atoms with Gasteiger partial charge in [-0.2, -0.15) is 0 Å². The van der Waals surface area contributed by atoms with Crippen LogP contribution in [-0.2, 0) is 35.8 Å². The van der Waals surface area contributed by atoms with E-state index in [0.29, 0.717) is 97.5 Å². The summed E-state index contributed by atoms with van der Waals surface area (Å²) < 4.78 is 19.6. The highest BCUT2D eigenvalue weighted by Crippen LogP contribution is 2.33. The van der Waals surface area contributed by atoms with E-state index in [1.54, 1.807) is 67.4 Å². The Hall–Kier alpha value is -7.88. The molecule has 7 amide bonds. The van der Waals surface area contributed by atoms with E-state index in [4.69, 9.17) is 24.9 Å². The number of hydrogen-bond donors (Lipinski definition) is 8. The summed E-state index contributed by atoms with van der Waals surface area (Å²) in [5.74, 6) is -2.15. The third kappa shape index (κ3) is 15.9.